The predicted octanol–water partition coefficient (Wildman–Crippen LogP) is 4.90. The number of amides is 1. The van der Waals surface area contributed by atoms with Gasteiger partial charge in [-0.1, -0.05) is 41.1 Å². The van der Waals surface area contributed by atoms with E-state index in [9.17, 15) is 4.79 Å². The molecule has 0 saturated carbocycles. The van der Waals surface area contributed by atoms with Crippen LogP contribution in [0.4, 0.5) is 10.5 Å². The predicted molar refractivity (Wildman–Crippen MR) is 120 cm³/mol. The lowest BCUT2D eigenvalue weighted by atomic mass is 10.1. The minimum Gasteiger partial charge on any atom is -0.492 e. The van der Waals surface area contributed by atoms with Crippen molar-refractivity contribution in [3.8, 4) is 22.1 Å². The van der Waals surface area contributed by atoms with Crippen molar-refractivity contribution in [1.82, 2.24) is 9.78 Å². The Morgan fingerprint density at radius 3 is 2.83 bits per heavy atom. The maximum Gasteiger partial charge on any atom is 0.417 e. The maximum absolute atomic E-state index is 12.5. The lowest BCUT2D eigenvalue weighted by Crippen LogP contribution is -2.16. The van der Waals surface area contributed by atoms with Crippen LogP contribution in [-0.2, 0) is 7.05 Å². The van der Waals surface area contributed by atoms with Crippen LogP contribution in [-0.4, -0.2) is 29.0 Å². The Bertz CT molecular complexity index is 1200. The molecule has 0 unspecified atom stereocenters. The summed E-state index contributed by atoms with van der Waals surface area (Å²) in [5.41, 5.74) is 7.73. The molecule has 3 N–H and O–H groups in total. The molecule has 0 aliphatic carbocycles. The van der Waals surface area contributed by atoms with E-state index in [1.807, 2.05) is 37.4 Å². The maximum atomic E-state index is 12.5. The summed E-state index contributed by atoms with van der Waals surface area (Å²) < 4.78 is 13.9. The first-order chi connectivity index (χ1) is 14.6. The Hall–Kier alpha value is -3.07. The lowest BCUT2D eigenvalue weighted by Gasteiger charge is -2.13. The zero-order valence-electron chi connectivity index (χ0n) is 16.1. The molecule has 0 spiro atoms. The van der Waals surface area contributed by atoms with Gasteiger partial charge in [-0.25, -0.2) is 4.79 Å². The van der Waals surface area contributed by atoms with E-state index >= 15 is 0 Å². The SMILES string of the molecule is Cn1nccc1-c1cc(NC(=O)Oc2sc3ccccc3c2Cl)ccc1OCCN. The van der Waals surface area contributed by atoms with E-state index in [2.05, 4.69) is 10.4 Å². The van der Waals surface area contributed by atoms with E-state index in [1.165, 1.54) is 11.3 Å². The largest absolute Gasteiger partial charge is 0.492 e. The third-order valence-corrected chi connectivity index (χ3v) is 5.93. The summed E-state index contributed by atoms with van der Waals surface area (Å²) in [6, 6.07) is 14.8. The molecule has 0 atom stereocenters. The molecule has 9 heteroatoms. The fourth-order valence-corrected chi connectivity index (χ4v) is 4.34. The number of anilines is 1. The minimum absolute atomic E-state index is 0.352. The van der Waals surface area contributed by atoms with Crippen LogP contribution in [0.15, 0.2) is 54.7 Å². The molecule has 0 bridgehead atoms. The van der Waals surface area contributed by atoms with E-state index in [-0.39, 0.29) is 0 Å². The highest BCUT2D eigenvalue weighted by atomic mass is 35.5. The number of thiophene rings is 1. The Kier molecular flexibility index (Phi) is 5.89. The second kappa shape index (κ2) is 8.74. The van der Waals surface area contributed by atoms with Gasteiger partial charge in [0.2, 0.25) is 5.06 Å². The first-order valence-corrected chi connectivity index (χ1v) is 10.4. The van der Waals surface area contributed by atoms with E-state index in [1.54, 1.807) is 29.1 Å². The van der Waals surface area contributed by atoms with Crippen LogP contribution in [0.5, 0.6) is 10.8 Å². The zero-order chi connectivity index (χ0) is 21.1. The van der Waals surface area contributed by atoms with Crippen molar-refractivity contribution in [2.75, 3.05) is 18.5 Å². The zero-order valence-corrected chi connectivity index (χ0v) is 17.7. The Morgan fingerprint density at radius 1 is 1.27 bits per heavy atom. The van der Waals surface area contributed by atoms with Crippen LogP contribution in [0.3, 0.4) is 0 Å². The van der Waals surface area contributed by atoms with Gasteiger partial charge < -0.3 is 15.2 Å². The van der Waals surface area contributed by atoms with Crippen LogP contribution in [0.2, 0.25) is 5.02 Å². The lowest BCUT2D eigenvalue weighted by molar-refractivity contribution is 0.216. The van der Waals surface area contributed by atoms with Gasteiger partial charge >= 0.3 is 6.09 Å². The van der Waals surface area contributed by atoms with Crippen molar-refractivity contribution in [2.45, 2.75) is 0 Å². The van der Waals surface area contributed by atoms with E-state index < -0.39 is 6.09 Å². The second-order valence-corrected chi connectivity index (χ2v) is 7.80. The number of fused-ring (bicyclic) bond motifs is 1. The van der Waals surface area contributed by atoms with Crippen LogP contribution >= 0.6 is 22.9 Å². The second-order valence-electron chi connectivity index (χ2n) is 6.40. The minimum atomic E-state index is -0.630. The monoisotopic (exact) mass is 442 g/mol. The standard InChI is InChI=1S/C21H19ClN4O3S/c1-26-16(8-10-24-26)15-12-13(6-7-17(15)28-11-9-23)25-21(27)29-20-19(22)14-4-2-3-5-18(14)30-20/h2-8,10,12H,9,11,23H2,1H3,(H,25,27). The summed E-state index contributed by atoms with van der Waals surface area (Å²) in [4.78, 5) is 12.5. The summed E-state index contributed by atoms with van der Waals surface area (Å²) in [6.45, 7) is 0.775. The molecule has 4 aromatic rings. The molecule has 154 valence electrons. The van der Waals surface area contributed by atoms with Gasteiger partial charge in [0, 0.05) is 41.1 Å². The molecule has 1 amide bonds. The number of aromatic nitrogens is 2. The molecule has 30 heavy (non-hydrogen) atoms. The summed E-state index contributed by atoms with van der Waals surface area (Å²) >= 11 is 7.67. The average molecular weight is 443 g/mol. The molecular weight excluding hydrogens is 424 g/mol. The smallest absolute Gasteiger partial charge is 0.417 e. The Labute approximate surface area is 182 Å². The van der Waals surface area contributed by atoms with Gasteiger partial charge in [0.05, 0.1) is 5.69 Å². The van der Waals surface area contributed by atoms with Crippen molar-refractivity contribution in [3.63, 3.8) is 0 Å². The third kappa shape index (κ3) is 4.11. The van der Waals surface area contributed by atoms with Gasteiger partial charge in [0.15, 0.2) is 0 Å². The summed E-state index contributed by atoms with van der Waals surface area (Å²) in [5.74, 6) is 0.649. The molecule has 4 rings (SSSR count). The van der Waals surface area contributed by atoms with Gasteiger partial charge in [-0.05, 0) is 30.3 Å². The topological polar surface area (TPSA) is 91.4 Å². The number of nitrogens with two attached hydrogens (primary N) is 1. The average Bonchev–Trinajstić information content (AvgIpc) is 3.30. The molecule has 2 aromatic carbocycles. The van der Waals surface area contributed by atoms with Gasteiger partial charge in [-0.15, -0.1) is 0 Å². The fraction of sp³-hybridized carbons (Fsp3) is 0.143. The van der Waals surface area contributed by atoms with Gasteiger partial charge in [0.25, 0.3) is 0 Å². The van der Waals surface area contributed by atoms with Crippen molar-refractivity contribution in [1.29, 1.82) is 0 Å². The number of carbonyl (C=O) groups is 1. The quantitative estimate of drug-likeness (QED) is 0.443. The van der Waals surface area contributed by atoms with Crippen molar-refractivity contribution >= 4 is 44.8 Å². The van der Waals surface area contributed by atoms with Gasteiger partial charge in [-0.3, -0.25) is 10.00 Å². The van der Waals surface area contributed by atoms with Crippen LogP contribution in [0.25, 0.3) is 21.3 Å². The number of hydrogen-bond donors (Lipinski definition) is 2. The molecule has 0 fully saturated rings. The van der Waals surface area contributed by atoms with Crippen molar-refractivity contribution in [2.24, 2.45) is 12.8 Å². The van der Waals surface area contributed by atoms with Gasteiger partial charge in [0.1, 0.15) is 17.4 Å². The third-order valence-electron chi connectivity index (χ3n) is 4.39. The summed E-state index contributed by atoms with van der Waals surface area (Å²) in [7, 11) is 1.83. The number of nitrogens with one attached hydrogen (secondary N) is 1. The highest BCUT2D eigenvalue weighted by Crippen LogP contribution is 2.41. The van der Waals surface area contributed by atoms with Gasteiger partial charge in [-0.2, -0.15) is 5.10 Å². The molecule has 2 aromatic heterocycles. The number of ether oxygens (including phenoxy) is 2. The number of carbonyl (C=O) groups excluding carboxylic acids is 1. The summed E-state index contributed by atoms with van der Waals surface area (Å²) in [5, 5.41) is 8.57. The summed E-state index contributed by atoms with van der Waals surface area (Å²) in [6.07, 6.45) is 1.06. The molecule has 0 aliphatic heterocycles. The molecule has 0 radical (unpaired) electrons. The first-order valence-electron chi connectivity index (χ1n) is 9.18. The molecule has 7 nitrogen and oxygen atoms in total. The van der Waals surface area contributed by atoms with Crippen molar-refractivity contribution in [3.05, 3.63) is 59.8 Å². The number of nitrogens with zero attached hydrogens (tertiary/aromatic N) is 2. The van der Waals surface area contributed by atoms with E-state index in [4.69, 9.17) is 26.8 Å². The number of halogens is 1. The first kappa shape index (κ1) is 20.2. The van der Waals surface area contributed by atoms with Crippen molar-refractivity contribution < 1.29 is 14.3 Å². The number of benzene rings is 2. The van der Waals surface area contributed by atoms with E-state index in [0.29, 0.717) is 34.7 Å². The molecule has 0 aliphatic rings. The Morgan fingerprint density at radius 2 is 2.10 bits per heavy atom. The molecule has 0 saturated heterocycles. The highest BCUT2D eigenvalue weighted by Gasteiger charge is 2.16. The highest BCUT2D eigenvalue weighted by molar-refractivity contribution is 7.21. The van der Waals surface area contributed by atoms with E-state index in [0.717, 1.165) is 21.3 Å². The van der Waals surface area contributed by atoms with Crippen LogP contribution < -0.4 is 20.5 Å². The van der Waals surface area contributed by atoms with Crippen LogP contribution in [0, 0.1) is 0 Å². The molecular formula is C21H19ClN4O3S. The Balaban J connectivity index is 1.57. The normalized spacial score (nSPS) is 10.9. The fourth-order valence-electron chi connectivity index (χ4n) is 3.03. The number of hydrogen-bond acceptors (Lipinski definition) is 6. The van der Waals surface area contributed by atoms with Crippen LogP contribution in [0.1, 0.15) is 0 Å². The number of rotatable bonds is 6. The number of aryl methyl sites for hydroxylation is 1. The molecule has 2 heterocycles.